The Morgan fingerprint density at radius 2 is 1.91 bits per heavy atom. The zero-order valence-electron chi connectivity index (χ0n) is 16.3. The van der Waals surface area contributed by atoms with Gasteiger partial charge in [-0.1, -0.05) is 12.1 Å². The van der Waals surface area contributed by atoms with Crippen molar-refractivity contribution in [2.75, 3.05) is 0 Å². The molecule has 0 aliphatic carbocycles. The van der Waals surface area contributed by atoms with E-state index in [-0.39, 0.29) is 5.69 Å². The molecule has 0 bridgehead atoms. The molecule has 0 aliphatic heterocycles. The van der Waals surface area contributed by atoms with Gasteiger partial charge in [-0.2, -0.15) is 0 Å². The van der Waals surface area contributed by atoms with E-state index >= 15 is 0 Å². The van der Waals surface area contributed by atoms with Crippen LogP contribution in [0.5, 0.6) is 0 Å². The van der Waals surface area contributed by atoms with E-state index in [1.807, 2.05) is 18.2 Å². The number of benzene rings is 2. The molecule has 3 aromatic heterocycles. The van der Waals surface area contributed by atoms with Crippen molar-refractivity contribution < 1.29 is 13.8 Å². The van der Waals surface area contributed by atoms with Crippen LogP contribution in [0.3, 0.4) is 0 Å². The molecule has 0 saturated heterocycles. The van der Waals surface area contributed by atoms with Crippen molar-refractivity contribution in [1.29, 1.82) is 0 Å². The second-order valence-electron chi connectivity index (χ2n) is 6.83. The van der Waals surface area contributed by atoms with E-state index < -0.39 is 4.92 Å². The molecule has 8 nitrogen and oxygen atoms in total. The van der Waals surface area contributed by atoms with E-state index in [9.17, 15) is 10.1 Å². The molecule has 9 heteroatoms. The zero-order chi connectivity index (χ0) is 22.1. The van der Waals surface area contributed by atoms with Crippen LogP contribution in [0.2, 0.25) is 0 Å². The Balaban J connectivity index is 1.38. The van der Waals surface area contributed by atoms with E-state index in [4.69, 9.17) is 8.83 Å². The summed E-state index contributed by atoms with van der Waals surface area (Å²) >= 11 is 3.39. The van der Waals surface area contributed by atoms with Gasteiger partial charge in [0, 0.05) is 34.6 Å². The van der Waals surface area contributed by atoms with Crippen LogP contribution in [0.15, 0.2) is 91.4 Å². The van der Waals surface area contributed by atoms with Gasteiger partial charge in [-0.3, -0.25) is 20.1 Å². The molecular weight excluding hydrogens is 476 g/mol. The standard InChI is InChI=1S/C23H13BrN4O4/c24-16-8-15(11-25-12-16)23-27-20-10-17(4-6-22(20)32-23)26-13-19-5-7-21(31-19)14-2-1-3-18(9-14)28(29)30/h1-13H. The van der Waals surface area contributed by atoms with Gasteiger partial charge in [-0.25, -0.2) is 4.98 Å². The maximum atomic E-state index is 11.0. The topological polar surface area (TPSA) is 108 Å². The maximum Gasteiger partial charge on any atom is 0.270 e. The van der Waals surface area contributed by atoms with E-state index in [1.54, 1.807) is 48.9 Å². The number of furan rings is 1. The van der Waals surface area contributed by atoms with Crippen LogP contribution in [0.25, 0.3) is 33.9 Å². The van der Waals surface area contributed by atoms with Gasteiger partial charge in [0.1, 0.15) is 17.0 Å². The predicted octanol–water partition coefficient (Wildman–Crippen LogP) is 6.57. The molecular formula is C23H13BrN4O4. The van der Waals surface area contributed by atoms with Crippen molar-refractivity contribution >= 4 is 44.6 Å². The van der Waals surface area contributed by atoms with E-state index in [1.165, 1.54) is 12.1 Å². The molecule has 0 saturated carbocycles. The van der Waals surface area contributed by atoms with Gasteiger partial charge in [0.2, 0.25) is 5.89 Å². The molecule has 0 unspecified atom stereocenters. The van der Waals surface area contributed by atoms with Crippen LogP contribution in [0, 0.1) is 10.1 Å². The molecule has 2 aromatic carbocycles. The highest BCUT2D eigenvalue weighted by atomic mass is 79.9. The van der Waals surface area contributed by atoms with Gasteiger partial charge in [0.05, 0.1) is 22.4 Å². The molecule has 156 valence electrons. The minimum absolute atomic E-state index is 0.00745. The summed E-state index contributed by atoms with van der Waals surface area (Å²) in [6, 6.07) is 17.1. The maximum absolute atomic E-state index is 11.0. The summed E-state index contributed by atoms with van der Waals surface area (Å²) in [5.41, 5.74) is 3.39. The van der Waals surface area contributed by atoms with Crippen molar-refractivity contribution in [2.24, 2.45) is 4.99 Å². The largest absolute Gasteiger partial charge is 0.455 e. The first-order valence-corrected chi connectivity index (χ1v) is 10.2. The number of nitro benzene ring substituents is 1. The highest BCUT2D eigenvalue weighted by Crippen LogP contribution is 2.29. The molecule has 5 rings (SSSR count). The first-order valence-electron chi connectivity index (χ1n) is 9.45. The Labute approximate surface area is 189 Å². The van der Waals surface area contributed by atoms with E-state index in [0.717, 1.165) is 10.0 Å². The Morgan fingerprint density at radius 1 is 1.00 bits per heavy atom. The average Bonchev–Trinajstić information content (AvgIpc) is 3.44. The number of fused-ring (bicyclic) bond motifs is 1. The Hall–Kier alpha value is -4.11. The van der Waals surface area contributed by atoms with Crippen LogP contribution in [0.4, 0.5) is 11.4 Å². The van der Waals surface area contributed by atoms with Gasteiger partial charge in [0.25, 0.3) is 5.69 Å². The number of aliphatic imine (C=N–C) groups is 1. The molecule has 0 N–H and O–H groups in total. The quantitative estimate of drug-likeness (QED) is 0.157. The summed E-state index contributed by atoms with van der Waals surface area (Å²) in [5, 5.41) is 11.0. The fraction of sp³-hybridized carbons (Fsp3) is 0. The number of rotatable bonds is 5. The minimum atomic E-state index is -0.437. The third-order valence-corrected chi connectivity index (χ3v) is 5.07. The summed E-state index contributed by atoms with van der Waals surface area (Å²) in [4.78, 5) is 23.6. The smallest absolute Gasteiger partial charge is 0.270 e. The fourth-order valence-electron chi connectivity index (χ4n) is 3.14. The SMILES string of the molecule is O=[N+]([O-])c1cccc(-c2ccc(C=Nc3ccc4oc(-c5cncc(Br)c5)nc4c3)o2)c1. The van der Waals surface area contributed by atoms with Crippen molar-refractivity contribution in [3.63, 3.8) is 0 Å². The number of nitrogens with zero attached hydrogens (tertiary/aromatic N) is 4. The molecule has 0 aliphatic rings. The number of nitro groups is 1. The lowest BCUT2D eigenvalue weighted by molar-refractivity contribution is -0.384. The number of hydrogen-bond acceptors (Lipinski definition) is 7. The number of aromatic nitrogens is 2. The third kappa shape index (κ3) is 4.06. The summed E-state index contributed by atoms with van der Waals surface area (Å²) < 4.78 is 12.4. The Bertz CT molecular complexity index is 1490. The Morgan fingerprint density at radius 3 is 2.75 bits per heavy atom. The number of non-ortho nitro benzene ring substituents is 1. The van der Waals surface area contributed by atoms with Gasteiger partial charge < -0.3 is 8.83 Å². The molecule has 0 atom stereocenters. The normalized spacial score (nSPS) is 11.4. The lowest BCUT2D eigenvalue weighted by Crippen LogP contribution is -1.87. The number of halogens is 1. The first kappa shape index (κ1) is 19.8. The minimum Gasteiger partial charge on any atom is -0.455 e. The summed E-state index contributed by atoms with van der Waals surface area (Å²) in [6.07, 6.45) is 4.96. The highest BCUT2D eigenvalue weighted by Gasteiger charge is 2.11. The lowest BCUT2D eigenvalue weighted by atomic mass is 10.1. The van der Waals surface area contributed by atoms with Crippen LogP contribution < -0.4 is 0 Å². The Kier molecular flexibility index (Phi) is 5.08. The molecule has 0 radical (unpaired) electrons. The van der Waals surface area contributed by atoms with Crippen LogP contribution in [-0.2, 0) is 0 Å². The molecule has 5 aromatic rings. The average molecular weight is 489 g/mol. The molecule has 3 heterocycles. The second kappa shape index (κ2) is 8.20. The van der Waals surface area contributed by atoms with Crippen LogP contribution in [0.1, 0.15) is 5.76 Å². The fourth-order valence-corrected chi connectivity index (χ4v) is 3.50. The zero-order valence-corrected chi connectivity index (χ0v) is 17.9. The van der Waals surface area contributed by atoms with Gasteiger partial charge in [-0.15, -0.1) is 0 Å². The van der Waals surface area contributed by atoms with Crippen LogP contribution >= 0.6 is 15.9 Å². The van der Waals surface area contributed by atoms with Crippen LogP contribution in [-0.4, -0.2) is 21.1 Å². The molecule has 0 fully saturated rings. The van der Waals surface area contributed by atoms with E-state index in [2.05, 4.69) is 30.9 Å². The number of hydrogen-bond donors (Lipinski definition) is 0. The first-order chi connectivity index (χ1) is 15.5. The molecule has 0 spiro atoms. The summed E-state index contributed by atoms with van der Waals surface area (Å²) in [5.74, 6) is 1.52. The van der Waals surface area contributed by atoms with Gasteiger partial charge >= 0.3 is 0 Å². The molecule has 32 heavy (non-hydrogen) atoms. The van der Waals surface area contributed by atoms with Gasteiger partial charge in [-0.05, 0) is 52.3 Å². The lowest BCUT2D eigenvalue weighted by Gasteiger charge is -1.97. The second-order valence-corrected chi connectivity index (χ2v) is 7.75. The van der Waals surface area contributed by atoms with Crippen molar-refractivity contribution in [1.82, 2.24) is 9.97 Å². The number of pyridine rings is 1. The predicted molar refractivity (Wildman–Crippen MR) is 123 cm³/mol. The summed E-state index contributed by atoms with van der Waals surface area (Å²) in [7, 11) is 0. The third-order valence-electron chi connectivity index (χ3n) is 4.63. The summed E-state index contributed by atoms with van der Waals surface area (Å²) in [6.45, 7) is 0. The number of oxazole rings is 1. The highest BCUT2D eigenvalue weighted by molar-refractivity contribution is 9.10. The monoisotopic (exact) mass is 488 g/mol. The van der Waals surface area contributed by atoms with Crippen molar-refractivity contribution in [3.05, 3.63) is 93.4 Å². The van der Waals surface area contributed by atoms with E-state index in [0.29, 0.717) is 39.8 Å². The van der Waals surface area contributed by atoms with Crippen molar-refractivity contribution in [3.8, 4) is 22.8 Å². The molecule has 0 amide bonds. The van der Waals surface area contributed by atoms with Crippen molar-refractivity contribution in [2.45, 2.75) is 0 Å². The van der Waals surface area contributed by atoms with Gasteiger partial charge in [0.15, 0.2) is 5.58 Å².